The van der Waals surface area contributed by atoms with Crippen LogP contribution in [0.25, 0.3) is 0 Å². The van der Waals surface area contributed by atoms with Gasteiger partial charge in [0.2, 0.25) is 0 Å². The molecular weight excluding hydrogens is 202 g/mol. The van der Waals surface area contributed by atoms with Crippen LogP contribution in [0.3, 0.4) is 0 Å². The highest BCUT2D eigenvalue weighted by atomic mass is 16.5. The van der Waals surface area contributed by atoms with Gasteiger partial charge >= 0.3 is 0 Å². The number of benzene rings is 1. The fourth-order valence-electron chi connectivity index (χ4n) is 2.35. The van der Waals surface area contributed by atoms with Crippen molar-refractivity contribution in [3.05, 3.63) is 29.8 Å². The SMILES string of the molecule is COc1ccc(C2NCCCC2CO)cc1. The highest BCUT2D eigenvalue weighted by molar-refractivity contribution is 5.29. The number of aliphatic hydroxyl groups excluding tert-OH is 1. The normalized spacial score (nSPS) is 25.4. The van der Waals surface area contributed by atoms with Crippen LogP contribution >= 0.6 is 0 Å². The predicted molar refractivity (Wildman–Crippen MR) is 63.5 cm³/mol. The van der Waals surface area contributed by atoms with Crippen LogP contribution < -0.4 is 10.1 Å². The lowest BCUT2D eigenvalue weighted by Crippen LogP contribution is -2.35. The van der Waals surface area contributed by atoms with E-state index in [0.717, 1.165) is 25.1 Å². The zero-order valence-electron chi connectivity index (χ0n) is 9.65. The van der Waals surface area contributed by atoms with E-state index in [9.17, 15) is 5.11 Å². The molecule has 1 aromatic carbocycles. The lowest BCUT2D eigenvalue weighted by molar-refractivity contribution is 0.160. The smallest absolute Gasteiger partial charge is 0.118 e. The molecule has 1 aliphatic heterocycles. The van der Waals surface area contributed by atoms with E-state index < -0.39 is 0 Å². The molecule has 2 rings (SSSR count). The molecule has 88 valence electrons. The molecule has 2 unspecified atom stereocenters. The van der Waals surface area contributed by atoms with Gasteiger partial charge in [-0.3, -0.25) is 0 Å². The van der Waals surface area contributed by atoms with Gasteiger partial charge in [-0.1, -0.05) is 12.1 Å². The van der Waals surface area contributed by atoms with Crippen LogP contribution in [0.1, 0.15) is 24.4 Å². The highest BCUT2D eigenvalue weighted by Gasteiger charge is 2.25. The molecule has 0 radical (unpaired) electrons. The molecule has 1 aliphatic rings. The Hall–Kier alpha value is -1.06. The van der Waals surface area contributed by atoms with E-state index in [1.165, 1.54) is 5.56 Å². The maximum atomic E-state index is 9.36. The molecular formula is C13H19NO2. The summed E-state index contributed by atoms with van der Waals surface area (Å²) in [6, 6.07) is 8.37. The van der Waals surface area contributed by atoms with Crippen molar-refractivity contribution in [2.24, 2.45) is 5.92 Å². The molecule has 0 spiro atoms. The van der Waals surface area contributed by atoms with Crippen molar-refractivity contribution >= 4 is 0 Å². The minimum atomic E-state index is 0.254. The summed E-state index contributed by atoms with van der Waals surface area (Å²) in [5.41, 5.74) is 1.24. The quantitative estimate of drug-likeness (QED) is 0.816. The van der Waals surface area contributed by atoms with E-state index in [1.54, 1.807) is 7.11 Å². The summed E-state index contributed by atoms with van der Waals surface area (Å²) in [7, 11) is 1.67. The van der Waals surface area contributed by atoms with Crippen molar-refractivity contribution in [3.63, 3.8) is 0 Å². The number of aliphatic hydroxyl groups is 1. The molecule has 0 bridgehead atoms. The van der Waals surface area contributed by atoms with E-state index in [-0.39, 0.29) is 12.6 Å². The van der Waals surface area contributed by atoms with Gasteiger partial charge < -0.3 is 15.2 Å². The Bertz CT molecular complexity index is 323. The van der Waals surface area contributed by atoms with Crippen LogP contribution in [-0.2, 0) is 0 Å². The molecule has 1 fully saturated rings. The van der Waals surface area contributed by atoms with Gasteiger partial charge in [-0.25, -0.2) is 0 Å². The van der Waals surface area contributed by atoms with E-state index in [0.29, 0.717) is 5.92 Å². The van der Waals surface area contributed by atoms with Gasteiger partial charge in [0.05, 0.1) is 7.11 Å². The summed E-state index contributed by atoms with van der Waals surface area (Å²) >= 11 is 0. The predicted octanol–water partition coefficient (Wildman–Crippen LogP) is 1.73. The van der Waals surface area contributed by atoms with Crippen LogP contribution in [0.4, 0.5) is 0 Å². The lowest BCUT2D eigenvalue weighted by Gasteiger charge is -2.31. The molecule has 2 atom stereocenters. The second-order valence-corrected chi connectivity index (χ2v) is 4.29. The van der Waals surface area contributed by atoms with Crippen LogP contribution in [0, 0.1) is 5.92 Å². The Morgan fingerprint density at radius 1 is 1.38 bits per heavy atom. The molecule has 0 amide bonds. The van der Waals surface area contributed by atoms with Crippen molar-refractivity contribution in [2.75, 3.05) is 20.3 Å². The largest absolute Gasteiger partial charge is 0.497 e. The van der Waals surface area contributed by atoms with Gasteiger partial charge in [-0.05, 0) is 37.1 Å². The second-order valence-electron chi connectivity index (χ2n) is 4.29. The van der Waals surface area contributed by atoms with Crippen molar-refractivity contribution in [1.29, 1.82) is 0 Å². The van der Waals surface area contributed by atoms with Crippen LogP contribution in [-0.4, -0.2) is 25.4 Å². The molecule has 1 heterocycles. The van der Waals surface area contributed by atoms with Crippen LogP contribution in [0.2, 0.25) is 0 Å². The Labute approximate surface area is 96.4 Å². The second kappa shape index (κ2) is 5.32. The molecule has 0 aromatic heterocycles. The van der Waals surface area contributed by atoms with Crippen molar-refractivity contribution in [3.8, 4) is 5.75 Å². The number of hydrogen-bond donors (Lipinski definition) is 2. The maximum Gasteiger partial charge on any atom is 0.118 e. The molecule has 2 N–H and O–H groups in total. The standard InChI is InChI=1S/C13H19NO2/c1-16-12-6-4-10(5-7-12)13-11(9-15)3-2-8-14-13/h4-7,11,13-15H,2-3,8-9H2,1H3. The van der Waals surface area contributed by atoms with Gasteiger partial charge in [0.15, 0.2) is 0 Å². The van der Waals surface area contributed by atoms with Gasteiger partial charge in [-0.2, -0.15) is 0 Å². The fraction of sp³-hybridized carbons (Fsp3) is 0.538. The summed E-state index contributed by atoms with van der Waals surface area (Å²) < 4.78 is 5.14. The fourth-order valence-corrected chi connectivity index (χ4v) is 2.35. The average molecular weight is 221 g/mol. The number of ether oxygens (including phenoxy) is 1. The summed E-state index contributed by atoms with van der Waals surface area (Å²) in [6.45, 7) is 1.29. The number of nitrogens with one attached hydrogen (secondary N) is 1. The Morgan fingerprint density at radius 3 is 2.75 bits per heavy atom. The highest BCUT2D eigenvalue weighted by Crippen LogP contribution is 2.29. The van der Waals surface area contributed by atoms with Crippen LogP contribution in [0.5, 0.6) is 5.75 Å². The van der Waals surface area contributed by atoms with Gasteiger partial charge in [0, 0.05) is 18.6 Å². The number of rotatable bonds is 3. The first-order valence-corrected chi connectivity index (χ1v) is 5.83. The first-order valence-electron chi connectivity index (χ1n) is 5.83. The zero-order valence-corrected chi connectivity index (χ0v) is 9.65. The summed E-state index contributed by atoms with van der Waals surface area (Å²) in [4.78, 5) is 0. The first kappa shape index (κ1) is 11.4. The van der Waals surface area contributed by atoms with E-state index in [1.807, 2.05) is 12.1 Å². The summed E-state index contributed by atoms with van der Waals surface area (Å²) in [5, 5.41) is 12.8. The summed E-state index contributed by atoms with van der Waals surface area (Å²) in [6.07, 6.45) is 2.25. The van der Waals surface area contributed by atoms with E-state index >= 15 is 0 Å². The average Bonchev–Trinajstić information content (AvgIpc) is 2.39. The van der Waals surface area contributed by atoms with Gasteiger partial charge in [0.25, 0.3) is 0 Å². The van der Waals surface area contributed by atoms with Crippen molar-refractivity contribution in [2.45, 2.75) is 18.9 Å². The molecule has 0 aliphatic carbocycles. The molecule has 1 aromatic rings. The van der Waals surface area contributed by atoms with Gasteiger partial charge in [-0.15, -0.1) is 0 Å². The van der Waals surface area contributed by atoms with E-state index in [4.69, 9.17) is 4.74 Å². The molecule has 0 saturated carbocycles. The zero-order chi connectivity index (χ0) is 11.4. The Morgan fingerprint density at radius 2 is 2.12 bits per heavy atom. The number of methoxy groups -OCH3 is 1. The third kappa shape index (κ3) is 2.36. The first-order chi connectivity index (χ1) is 7.85. The minimum Gasteiger partial charge on any atom is -0.497 e. The maximum absolute atomic E-state index is 9.36. The van der Waals surface area contributed by atoms with E-state index in [2.05, 4.69) is 17.4 Å². The minimum absolute atomic E-state index is 0.254. The number of piperidine rings is 1. The van der Waals surface area contributed by atoms with Crippen LogP contribution in [0.15, 0.2) is 24.3 Å². The monoisotopic (exact) mass is 221 g/mol. The lowest BCUT2D eigenvalue weighted by atomic mass is 9.87. The molecule has 16 heavy (non-hydrogen) atoms. The Balaban J connectivity index is 2.14. The Kier molecular flexibility index (Phi) is 3.80. The molecule has 3 nitrogen and oxygen atoms in total. The third-order valence-corrected chi connectivity index (χ3v) is 3.30. The van der Waals surface area contributed by atoms with Crippen molar-refractivity contribution < 1.29 is 9.84 Å². The topological polar surface area (TPSA) is 41.5 Å². The number of hydrogen-bond acceptors (Lipinski definition) is 3. The third-order valence-electron chi connectivity index (χ3n) is 3.30. The molecule has 3 heteroatoms. The van der Waals surface area contributed by atoms with Crippen molar-refractivity contribution in [1.82, 2.24) is 5.32 Å². The summed E-state index contributed by atoms with van der Waals surface area (Å²) in [5.74, 6) is 1.21. The molecule has 1 saturated heterocycles. The van der Waals surface area contributed by atoms with Gasteiger partial charge in [0.1, 0.15) is 5.75 Å².